The fourth-order valence-electron chi connectivity index (χ4n) is 5.66. The first kappa shape index (κ1) is 28.0. The molecule has 3 heterocycles. The normalized spacial score (nSPS) is 12.6. The van der Waals surface area contributed by atoms with E-state index in [-0.39, 0.29) is 11.7 Å². The summed E-state index contributed by atoms with van der Waals surface area (Å²) in [7, 11) is 0. The second-order valence-electron chi connectivity index (χ2n) is 11.0. The third-order valence-corrected chi connectivity index (χ3v) is 8.42. The van der Waals surface area contributed by atoms with Gasteiger partial charge in [-0.1, -0.05) is 57.1 Å². The molecule has 2 aromatic carbocycles. The van der Waals surface area contributed by atoms with Crippen molar-refractivity contribution in [3.8, 4) is 11.5 Å². The van der Waals surface area contributed by atoms with Crippen LogP contribution in [0.5, 0.6) is 0 Å². The van der Waals surface area contributed by atoms with Crippen LogP contribution in [0.1, 0.15) is 86.3 Å². The molecule has 0 saturated heterocycles. The Bertz CT molecular complexity index is 1530. The van der Waals surface area contributed by atoms with Crippen molar-refractivity contribution in [2.45, 2.75) is 72.3 Å². The molecule has 0 N–H and O–H groups in total. The first-order chi connectivity index (χ1) is 19.4. The third-order valence-electron chi connectivity index (χ3n) is 7.54. The number of ketones is 1. The van der Waals surface area contributed by atoms with Gasteiger partial charge in [-0.05, 0) is 72.9 Å². The molecule has 0 saturated carbocycles. The number of rotatable bonds is 13. The Morgan fingerprint density at radius 2 is 1.80 bits per heavy atom. The average Bonchev–Trinajstić information content (AvgIpc) is 3.71. The minimum atomic E-state index is 0.126. The van der Waals surface area contributed by atoms with Gasteiger partial charge in [0.15, 0.2) is 11.6 Å². The fraction of sp³-hybridized carbons (Fsp3) is 0.394. The standard InChI is InChI=1S/C33H38N4O2S/c1-5-26(6-2)37-29-15-14-25(20-28(29)34-32(37)21-27-13-10-16-40-27)30(38)18-23(17-22(3)4)19-31-35-33(39-36-31)24-11-8-7-9-12-24/h7-16,20,22-23,26H,5-6,17-19,21H2,1-4H3/t23-/m1/s1. The Kier molecular flexibility index (Phi) is 8.90. The minimum absolute atomic E-state index is 0.126. The predicted octanol–water partition coefficient (Wildman–Crippen LogP) is 8.58. The Balaban J connectivity index is 1.37. The van der Waals surface area contributed by atoms with Gasteiger partial charge < -0.3 is 9.09 Å². The van der Waals surface area contributed by atoms with Crippen molar-refractivity contribution in [3.05, 3.63) is 88.1 Å². The zero-order valence-corrected chi connectivity index (χ0v) is 24.7. The number of fused-ring (bicyclic) bond motifs is 1. The van der Waals surface area contributed by atoms with E-state index < -0.39 is 0 Å². The highest BCUT2D eigenvalue weighted by atomic mass is 32.1. The van der Waals surface area contributed by atoms with Gasteiger partial charge in [-0.2, -0.15) is 4.98 Å². The van der Waals surface area contributed by atoms with Gasteiger partial charge in [0.1, 0.15) is 5.82 Å². The second kappa shape index (κ2) is 12.7. The lowest BCUT2D eigenvalue weighted by atomic mass is 9.88. The van der Waals surface area contributed by atoms with Crippen LogP contribution in [0.3, 0.4) is 0 Å². The number of benzene rings is 2. The number of aromatic nitrogens is 4. The summed E-state index contributed by atoms with van der Waals surface area (Å²) in [5.74, 6) is 2.95. The summed E-state index contributed by atoms with van der Waals surface area (Å²) in [6, 6.07) is 20.5. The van der Waals surface area contributed by atoms with E-state index >= 15 is 0 Å². The molecule has 0 amide bonds. The van der Waals surface area contributed by atoms with Crippen molar-refractivity contribution in [1.29, 1.82) is 0 Å². The Morgan fingerprint density at radius 3 is 2.50 bits per heavy atom. The molecule has 0 aliphatic heterocycles. The highest BCUT2D eigenvalue weighted by molar-refractivity contribution is 7.09. The van der Waals surface area contributed by atoms with Crippen LogP contribution in [0.4, 0.5) is 0 Å². The van der Waals surface area contributed by atoms with E-state index in [9.17, 15) is 4.79 Å². The van der Waals surface area contributed by atoms with Crippen molar-refractivity contribution in [2.75, 3.05) is 0 Å². The number of Topliss-reactive ketones (excluding diaryl/α,β-unsaturated/α-hetero) is 1. The van der Waals surface area contributed by atoms with Gasteiger partial charge >= 0.3 is 0 Å². The van der Waals surface area contributed by atoms with E-state index in [1.807, 2.05) is 42.5 Å². The number of carbonyl (C=O) groups excluding carboxylic acids is 1. The van der Waals surface area contributed by atoms with Crippen LogP contribution in [0.25, 0.3) is 22.5 Å². The van der Waals surface area contributed by atoms with E-state index in [0.29, 0.717) is 36.5 Å². The Labute approximate surface area is 240 Å². The molecule has 40 heavy (non-hydrogen) atoms. The predicted molar refractivity (Wildman–Crippen MR) is 162 cm³/mol. The summed E-state index contributed by atoms with van der Waals surface area (Å²) in [5.41, 5.74) is 3.62. The van der Waals surface area contributed by atoms with Crippen LogP contribution in [0.2, 0.25) is 0 Å². The van der Waals surface area contributed by atoms with Crippen molar-refractivity contribution in [3.63, 3.8) is 0 Å². The van der Waals surface area contributed by atoms with Gasteiger partial charge in [0.05, 0.1) is 11.0 Å². The lowest BCUT2D eigenvalue weighted by Gasteiger charge is -2.19. The fourth-order valence-corrected chi connectivity index (χ4v) is 6.36. The van der Waals surface area contributed by atoms with Gasteiger partial charge in [0.25, 0.3) is 5.89 Å². The van der Waals surface area contributed by atoms with Crippen LogP contribution in [0, 0.1) is 11.8 Å². The van der Waals surface area contributed by atoms with Crippen molar-refractivity contribution < 1.29 is 9.32 Å². The first-order valence-electron chi connectivity index (χ1n) is 14.4. The summed E-state index contributed by atoms with van der Waals surface area (Å²) >= 11 is 1.76. The maximum absolute atomic E-state index is 13.6. The van der Waals surface area contributed by atoms with Gasteiger partial charge in [-0.15, -0.1) is 11.3 Å². The number of hydrogen-bond donors (Lipinski definition) is 0. The lowest BCUT2D eigenvalue weighted by Crippen LogP contribution is -2.15. The maximum Gasteiger partial charge on any atom is 0.257 e. The van der Waals surface area contributed by atoms with Crippen LogP contribution < -0.4 is 0 Å². The minimum Gasteiger partial charge on any atom is -0.334 e. The van der Waals surface area contributed by atoms with E-state index in [1.165, 1.54) is 4.88 Å². The molecule has 0 spiro atoms. The van der Waals surface area contributed by atoms with Crippen molar-refractivity contribution >= 4 is 28.2 Å². The molecule has 3 aromatic heterocycles. The number of nitrogens with zero attached hydrogens (tertiary/aromatic N) is 4. The summed E-state index contributed by atoms with van der Waals surface area (Å²) in [6.07, 6.45) is 4.85. The highest BCUT2D eigenvalue weighted by Gasteiger charge is 2.23. The molecule has 5 rings (SSSR count). The molecule has 7 heteroatoms. The zero-order valence-electron chi connectivity index (χ0n) is 23.8. The van der Waals surface area contributed by atoms with E-state index in [2.05, 4.69) is 66.0 Å². The highest BCUT2D eigenvalue weighted by Crippen LogP contribution is 2.30. The first-order valence-corrected chi connectivity index (χ1v) is 15.3. The number of carbonyl (C=O) groups is 1. The molecule has 208 valence electrons. The van der Waals surface area contributed by atoms with Gasteiger partial charge in [-0.3, -0.25) is 4.79 Å². The topological polar surface area (TPSA) is 73.8 Å². The van der Waals surface area contributed by atoms with Crippen molar-refractivity contribution in [2.24, 2.45) is 11.8 Å². The number of hydrogen-bond acceptors (Lipinski definition) is 6. The smallest absolute Gasteiger partial charge is 0.257 e. The molecular formula is C33H38N4O2S. The van der Waals surface area contributed by atoms with Crippen molar-refractivity contribution in [1.82, 2.24) is 19.7 Å². The lowest BCUT2D eigenvalue weighted by molar-refractivity contribution is 0.0955. The summed E-state index contributed by atoms with van der Waals surface area (Å²) in [4.78, 5) is 24.6. The van der Waals surface area contributed by atoms with Crippen LogP contribution in [0.15, 0.2) is 70.6 Å². The van der Waals surface area contributed by atoms with E-state index in [1.54, 1.807) is 11.3 Å². The molecular weight excluding hydrogens is 516 g/mol. The van der Waals surface area contributed by atoms with Gasteiger partial charge in [0, 0.05) is 41.3 Å². The van der Waals surface area contributed by atoms with Crippen LogP contribution in [-0.4, -0.2) is 25.5 Å². The maximum atomic E-state index is 13.6. The summed E-state index contributed by atoms with van der Waals surface area (Å²) in [6.45, 7) is 8.84. The average molecular weight is 555 g/mol. The van der Waals surface area contributed by atoms with E-state index in [0.717, 1.165) is 53.7 Å². The molecule has 0 fully saturated rings. The monoisotopic (exact) mass is 554 g/mol. The molecule has 5 aromatic rings. The third kappa shape index (κ3) is 6.41. The molecule has 0 radical (unpaired) electrons. The molecule has 0 aliphatic rings. The van der Waals surface area contributed by atoms with Gasteiger partial charge in [-0.25, -0.2) is 4.98 Å². The zero-order chi connectivity index (χ0) is 28.1. The van der Waals surface area contributed by atoms with E-state index in [4.69, 9.17) is 9.51 Å². The summed E-state index contributed by atoms with van der Waals surface area (Å²) in [5, 5.41) is 6.34. The molecule has 0 aliphatic carbocycles. The number of thiophene rings is 1. The van der Waals surface area contributed by atoms with Crippen LogP contribution >= 0.6 is 11.3 Å². The quantitative estimate of drug-likeness (QED) is 0.136. The SMILES string of the molecule is CCC(CC)n1c(Cc2cccs2)nc2cc(C(=O)C[C@H](Cc3noc(-c4ccccc4)n3)CC(C)C)ccc21. The largest absolute Gasteiger partial charge is 0.334 e. The molecule has 1 atom stereocenters. The molecule has 0 unspecified atom stereocenters. The second-order valence-corrected chi connectivity index (χ2v) is 12.1. The Hall–Kier alpha value is -3.58. The van der Waals surface area contributed by atoms with Gasteiger partial charge in [0.2, 0.25) is 0 Å². The summed E-state index contributed by atoms with van der Waals surface area (Å²) < 4.78 is 7.92. The Morgan fingerprint density at radius 1 is 1.00 bits per heavy atom. The molecule has 0 bridgehead atoms. The van der Waals surface area contributed by atoms with Crippen LogP contribution in [-0.2, 0) is 12.8 Å². The molecule has 6 nitrogen and oxygen atoms in total. The number of imidazole rings is 1.